The topological polar surface area (TPSA) is 126 Å². The lowest BCUT2D eigenvalue weighted by molar-refractivity contribution is -0.113. The Morgan fingerprint density at radius 3 is 2.18 bits per heavy atom. The van der Waals surface area contributed by atoms with Gasteiger partial charge in [0, 0.05) is 16.9 Å². The van der Waals surface area contributed by atoms with Crippen LogP contribution in [-0.2, 0) is 11.3 Å². The van der Waals surface area contributed by atoms with Crippen LogP contribution in [0.4, 0.5) is 5.69 Å². The van der Waals surface area contributed by atoms with E-state index in [9.17, 15) is 9.59 Å². The number of hydrogen-bond donors (Lipinski definition) is 2. The number of anilines is 1. The summed E-state index contributed by atoms with van der Waals surface area (Å²) in [5.74, 6) is 2.10. The first-order valence-corrected chi connectivity index (χ1v) is 15.3. The highest BCUT2D eigenvalue weighted by atomic mass is 32.2. The van der Waals surface area contributed by atoms with Gasteiger partial charge in [-0.15, -0.1) is 10.2 Å². The summed E-state index contributed by atoms with van der Waals surface area (Å²) in [6, 6.07) is 18.2. The van der Waals surface area contributed by atoms with Crippen molar-refractivity contribution in [2.45, 2.75) is 39.4 Å². The van der Waals surface area contributed by atoms with E-state index in [4.69, 9.17) is 18.9 Å². The summed E-state index contributed by atoms with van der Waals surface area (Å²) in [5, 5.41) is 15.0. The largest absolute Gasteiger partial charge is 0.497 e. The molecule has 2 amide bonds. The van der Waals surface area contributed by atoms with Gasteiger partial charge in [0.05, 0.1) is 39.2 Å². The SMILES string of the molecule is CCOc1cc(C(=O)NCc2nnc(SCC(=O)Nc3ccc(OC)cc3)n2-c2cccc(C)c2)cc(OCC)c1OCC. The highest BCUT2D eigenvalue weighted by Gasteiger charge is 2.21. The summed E-state index contributed by atoms with van der Waals surface area (Å²) >= 11 is 1.25. The van der Waals surface area contributed by atoms with Gasteiger partial charge >= 0.3 is 0 Å². The number of nitrogens with zero attached hydrogens (tertiary/aromatic N) is 3. The summed E-state index contributed by atoms with van der Waals surface area (Å²) in [7, 11) is 1.59. The first kappa shape index (κ1) is 32.2. The molecule has 4 rings (SSSR count). The molecular weight excluding hydrogens is 582 g/mol. The molecule has 0 unspecified atom stereocenters. The zero-order valence-corrected chi connectivity index (χ0v) is 26.3. The van der Waals surface area contributed by atoms with Crippen molar-refractivity contribution in [1.82, 2.24) is 20.1 Å². The van der Waals surface area contributed by atoms with Crippen molar-refractivity contribution >= 4 is 29.3 Å². The Morgan fingerprint density at radius 1 is 0.886 bits per heavy atom. The van der Waals surface area contributed by atoms with Crippen LogP contribution in [0.5, 0.6) is 23.0 Å². The fourth-order valence-electron chi connectivity index (χ4n) is 4.32. The summed E-state index contributed by atoms with van der Waals surface area (Å²) in [5.41, 5.74) is 2.87. The lowest BCUT2D eigenvalue weighted by Crippen LogP contribution is -2.25. The highest BCUT2D eigenvalue weighted by molar-refractivity contribution is 7.99. The van der Waals surface area contributed by atoms with Gasteiger partial charge in [0.2, 0.25) is 11.7 Å². The van der Waals surface area contributed by atoms with Gasteiger partial charge in [0.25, 0.3) is 5.91 Å². The van der Waals surface area contributed by atoms with E-state index in [2.05, 4.69) is 20.8 Å². The van der Waals surface area contributed by atoms with Gasteiger partial charge in [-0.05, 0) is 81.8 Å². The summed E-state index contributed by atoms with van der Waals surface area (Å²) in [6.07, 6.45) is 0. The summed E-state index contributed by atoms with van der Waals surface area (Å²) < 4.78 is 24.3. The number of hydrogen-bond acceptors (Lipinski definition) is 9. The maximum Gasteiger partial charge on any atom is 0.251 e. The second-order valence-electron chi connectivity index (χ2n) is 9.42. The quantitative estimate of drug-likeness (QED) is 0.167. The minimum Gasteiger partial charge on any atom is -0.497 e. The monoisotopic (exact) mass is 619 g/mol. The Kier molecular flexibility index (Phi) is 11.5. The molecule has 0 atom stereocenters. The van der Waals surface area contributed by atoms with E-state index >= 15 is 0 Å². The molecule has 4 aromatic rings. The van der Waals surface area contributed by atoms with E-state index < -0.39 is 0 Å². The third kappa shape index (κ3) is 8.22. The first-order valence-electron chi connectivity index (χ1n) is 14.3. The molecule has 0 spiro atoms. The maximum absolute atomic E-state index is 13.4. The molecule has 11 nitrogen and oxygen atoms in total. The van der Waals surface area contributed by atoms with Crippen molar-refractivity contribution < 1.29 is 28.5 Å². The molecule has 0 aliphatic heterocycles. The summed E-state index contributed by atoms with van der Waals surface area (Å²) in [6.45, 7) is 8.88. The molecule has 0 aliphatic carbocycles. The van der Waals surface area contributed by atoms with Gasteiger partial charge in [-0.25, -0.2) is 0 Å². The van der Waals surface area contributed by atoms with Crippen LogP contribution in [0, 0.1) is 6.92 Å². The molecule has 44 heavy (non-hydrogen) atoms. The second-order valence-corrected chi connectivity index (χ2v) is 10.4. The number of thioether (sulfide) groups is 1. The molecule has 0 saturated carbocycles. The Balaban J connectivity index is 1.53. The summed E-state index contributed by atoms with van der Waals surface area (Å²) in [4.78, 5) is 26.1. The molecule has 1 aromatic heterocycles. The van der Waals surface area contributed by atoms with Crippen molar-refractivity contribution in [3.05, 3.63) is 77.6 Å². The molecule has 0 bridgehead atoms. The number of aromatic nitrogens is 3. The Hall–Kier alpha value is -4.71. The molecule has 232 valence electrons. The highest BCUT2D eigenvalue weighted by Crippen LogP contribution is 2.39. The van der Waals surface area contributed by atoms with E-state index in [1.54, 1.807) is 43.5 Å². The normalized spacial score (nSPS) is 10.7. The third-order valence-electron chi connectivity index (χ3n) is 6.24. The van der Waals surface area contributed by atoms with E-state index in [1.807, 2.05) is 56.5 Å². The average molecular weight is 620 g/mol. The zero-order chi connectivity index (χ0) is 31.5. The van der Waals surface area contributed by atoms with Crippen LogP contribution in [0.15, 0.2) is 65.8 Å². The van der Waals surface area contributed by atoms with Gasteiger partial charge in [0.15, 0.2) is 22.5 Å². The molecule has 0 radical (unpaired) electrons. The van der Waals surface area contributed by atoms with Crippen molar-refractivity contribution in [3.63, 3.8) is 0 Å². The Labute approximate surface area is 261 Å². The number of benzene rings is 3. The van der Waals surface area contributed by atoms with Gasteiger partial charge < -0.3 is 29.6 Å². The number of ether oxygens (including phenoxy) is 4. The molecule has 2 N–H and O–H groups in total. The molecule has 0 fully saturated rings. The smallest absolute Gasteiger partial charge is 0.251 e. The molecule has 3 aromatic carbocycles. The minimum atomic E-state index is -0.346. The van der Waals surface area contributed by atoms with Crippen LogP contribution in [0.1, 0.15) is 42.5 Å². The molecule has 12 heteroatoms. The van der Waals surface area contributed by atoms with E-state index in [1.165, 1.54) is 11.8 Å². The van der Waals surface area contributed by atoms with Crippen LogP contribution in [0.25, 0.3) is 5.69 Å². The average Bonchev–Trinajstić information content (AvgIpc) is 3.43. The molecular formula is C32H37N5O6S. The lowest BCUT2D eigenvalue weighted by atomic mass is 10.1. The fourth-order valence-corrected chi connectivity index (χ4v) is 5.09. The van der Waals surface area contributed by atoms with Crippen molar-refractivity contribution in [2.24, 2.45) is 0 Å². The van der Waals surface area contributed by atoms with Gasteiger partial charge in [-0.1, -0.05) is 23.9 Å². The van der Waals surface area contributed by atoms with Crippen LogP contribution in [0.2, 0.25) is 0 Å². The van der Waals surface area contributed by atoms with Crippen molar-refractivity contribution in [2.75, 3.05) is 38.0 Å². The number of carbonyl (C=O) groups is 2. The number of rotatable bonds is 15. The first-order chi connectivity index (χ1) is 21.4. The Morgan fingerprint density at radius 2 is 1.57 bits per heavy atom. The standard InChI is InChI=1S/C32H37N5O6S/c1-6-41-26-17-22(18-27(42-7-2)30(26)43-8-3)31(39)33-19-28-35-36-32(37(28)24-11-9-10-21(4)16-24)44-20-29(38)34-23-12-14-25(40-5)15-13-23/h9-18H,6-8,19-20H2,1-5H3,(H,33,39)(H,34,38). The fraction of sp³-hybridized carbons (Fsp3) is 0.312. The third-order valence-corrected chi connectivity index (χ3v) is 7.17. The predicted octanol–water partition coefficient (Wildman–Crippen LogP) is 5.44. The molecule has 1 heterocycles. The van der Waals surface area contributed by atoms with Crippen LogP contribution in [-0.4, -0.2) is 59.3 Å². The maximum atomic E-state index is 13.4. The van der Waals surface area contributed by atoms with E-state index in [0.717, 1.165) is 11.3 Å². The van der Waals surface area contributed by atoms with Crippen LogP contribution >= 0.6 is 11.8 Å². The number of nitrogens with one attached hydrogen (secondary N) is 2. The predicted molar refractivity (Wildman–Crippen MR) is 170 cm³/mol. The number of carbonyl (C=O) groups excluding carboxylic acids is 2. The molecule has 0 aliphatic rings. The minimum absolute atomic E-state index is 0.0829. The number of methoxy groups -OCH3 is 1. The Bertz CT molecular complexity index is 1550. The molecule has 0 saturated heterocycles. The van der Waals surface area contributed by atoms with Gasteiger partial charge in [-0.3, -0.25) is 14.2 Å². The van der Waals surface area contributed by atoms with Crippen molar-refractivity contribution in [1.29, 1.82) is 0 Å². The van der Waals surface area contributed by atoms with Crippen molar-refractivity contribution in [3.8, 4) is 28.7 Å². The van der Waals surface area contributed by atoms with Crippen LogP contribution in [0.3, 0.4) is 0 Å². The number of amides is 2. The van der Waals surface area contributed by atoms with Gasteiger partial charge in [0.1, 0.15) is 5.75 Å². The zero-order valence-electron chi connectivity index (χ0n) is 25.5. The van der Waals surface area contributed by atoms with Gasteiger partial charge in [-0.2, -0.15) is 0 Å². The number of aryl methyl sites for hydroxylation is 1. The van der Waals surface area contributed by atoms with E-state index in [0.29, 0.717) is 65.1 Å². The second kappa shape index (κ2) is 15.7. The van der Waals surface area contributed by atoms with Crippen LogP contribution < -0.4 is 29.6 Å². The lowest BCUT2D eigenvalue weighted by Gasteiger charge is -2.17. The van der Waals surface area contributed by atoms with E-state index in [-0.39, 0.29) is 24.1 Å².